The lowest BCUT2D eigenvalue weighted by Gasteiger charge is -2.28. The number of nitrogens with one attached hydrogen (secondary N) is 1. The summed E-state index contributed by atoms with van der Waals surface area (Å²) in [5.74, 6) is 2.75. The fourth-order valence-corrected chi connectivity index (χ4v) is 2.10. The lowest BCUT2D eigenvalue weighted by Crippen LogP contribution is -2.30. The number of aryl methyl sites for hydroxylation is 1. The summed E-state index contributed by atoms with van der Waals surface area (Å²) in [6.45, 7) is 8.58. The van der Waals surface area contributed by atoms with Gasteiger partial charge in [0.25, 0.3) is 0 Å². The molecule has 1 saturated heterocycles. The fourth-order valence-electron chi connectivity index (χ4n) is 2.10. The highest BCUT2D eigenvalue weighted by Crippen LogP contribution is 2.20. The van der Waals surface area contributed by atoms with Crippen LogP contribution in [0.5, 0.6) is 0 Å². The first kappa shape index (κ1) is 11.9. The number of hydrogen-bond donors (Lipinski definition) is 1. The van der Waals surface area contributed by atoms with E-state index in [1.807, 2.05) is 19.1 Å². The Morgan fingerprint density at radius 2 is 2.12 bits per heavy atom. The van der Waals surface area contributed by atoms with Gasteiger partial charge in [-0.25, -0.2) is 9.97 Å². The molecular weight excluding hydrogens is 212 g/mol. The first-order chi connectivity index (χ1) is 8.29. The molecule has 1 aliphatic rings. The summed E-state index contributed by atoms with van der Waals surface area (Å²) in [7, 11) is 0. The van der Waals surface area contributed by atoms with Crippen LogP contribution in [0.2, 0.25) is 0 Å². The predicted octanol–water partition coefficient (Wildman–Crippen LogP) is 2.37. The molecule has 1 fully saturated rings. The number of hydrogen-bond acceptors (Lipinski definition) is 4. The lowest BCUT2D eigenvalue weighted by molar-refractivity contribution is 0.572. The fraction of sp³-hybridized carbons (Fsp3) is 0.538. The molecule has 0 aromatic carbocycles. The second-order valence-electron chi connectivity index (χ2n) is 4.38. The molecule has 17 heavy (non-hydrogen) atoms. The standard InChI is InChI=1S/C13H20N4/c1-3-7-14-12-10-13(16-11(2)15-12)17-8-5-4-6-9-17/h3,10H,1,4-9H2,2H3,(H,14,15,16). The molecule has 0 aliphatic carbocycles. The molecule has 0 spiro atoms. The van der Waals surface area contributed by atoms with Crippen molar-refractivity contribution >= 4 is 11.6 Å². The monoisotopic (exact) mass is 232 g/mol. The first-order valence-electron chi connectivity index (χ1n) is 6.25. The van der Waals surface area contributed by atoms with Gasteiger partial charge in [-0.15, -0.1) is 6.58 Å². The van der Waals surface area contributed by atoms with Gasteiger partial charge in [0.1, 0.15) is 17.5 Å². The Labute approximate surface area is 103 Å². The van der Waals surface area contributed by atoms with E-state index in [0.29, 0.717) is 0 Å². The zero-order chi connectivity index (χ0) is 12.1. The van der Waals surface area contributed by atoms with E-state index in [1.165, 1.54) is 19.3 Å². The van der Waals surface area contributed by atoms with E-state index in [-0.39, 0.29) is 0 Å². The van der Waals surface area contributed by atoms with E-state index in [4.69, 9.17) is 0 Å². The third-order valence-corrected chi connectivity index (χ3v) is 2.93. The van der Waals surface area contributed by atoms with Gasteiger partial charge in [0.05, 0.1) is 0 Å². The Morgan fingerprint density at radius 1 is 1.35 bits per heavy atom. The Balaban J connectivity index is 2.14. The third-order valence-electron chi connectivity index (χ3n) is 2.93. The zero-order valence-electron chi connectivity index (χ0n) is 10.4. The van der Waals surface area contributed by atoms with Gasteiger partial charge in [-0.3, -0.25) is 0 Å². The number of anilines is 2. The highest BCUT2D eigenvalue weighted by molar-refractivity contribution is 5.49. The van der Waals surface area contributed by atoms with E-state index < -0.39 is 0 Å². The van der Waals surface area contributed by atoms with Crippen LogP contribution in [0.3, 0.4) is 0 Å². The minimum Gasteiger partial charge on any atom is -0.366 e. The van der Waals surface area contributed by atoms with Crippen LogP contribution in [0.25, 0.3) is 0 Å². The van der Waals surface area contributed by atoms with Crippen molar-refractivity contribution < 1.29 is 0 Å². The normalized spacial score (nSPS) is 15.7. The lowest BCUT2D eigenvalue weighted by atomic mass is 10.1. The third kappa shape index (κ3) is 3.19. The van der Waals surface area contributed by atoms with Crippen LogP contribution in [0.1, 0.15) is 25.1 Å². The van der Waals surface area contributed by atoms with Crippen LogP contribution in [-0.2, 0) is 0 Å². The molecule has 4 heteroatoms. The Bertz CT molecular complexity index is 383. The molecule has 2 rings (SSSR count). The molecular formula is C13H20N4. The van der Waals surface area contributed by atoms with Gasteiger partial charge in [-0.2, -0.15) is 0 Å². The maximum atomic E-state index is 4.51. The van der Waals surface area contributed by atoms with E-state index in [0.717, 1.165) is 37.1 Å². The van der Waals surface area contributed by atoms with Crippen LogP contribution in [0.15, 0.2) is 18.7 Å². The molecule has 2 heterocycles. The van der Waals surface area contributed by atoms with Gasteiger partial charge in [-0.1, -0.05) is 6.08 Å². The minimum atomic E-state index is 0.732. The van der Waals surface area contributed by atoms with Gasteiger partial charge in [0.15, 0.2) is 0 Å². The second-order valence-corrected chi connectivity index (χ2v) is 4.38. The summed E-state index contributed by atoms with van der Waals surface area (Å²) in [5.41, 5.74) is 0. The average molecular weight is 232 g/mol. The van der Waals surface area contributed by atoms with Crippen LogP contribution >= 0.6 is 0 Å². The van der Waals surface area contributed by atoms with Crippen molar-refractivity contribution in [3.8, 4) is 0 Å². The molecule has 0 unspecified atom stereocenters. The van der Waals surface area contributed by atoms with Crippen molar-refractivity contribution in [1.29, 1.82) is 0 Å². The molecule has 0 saturated carbocycles. The van der Waals surface area contributed by atoms with Crippen molar-refractivity contribution in [2.45, 2.75) is 26.2 Å². The van der Waals surface area contributed by atoms with E-state index in [1.54, 1.807) is 0 Å². The molecule has 1 aliphatic heterocycles. The number of rotatable bonds is 4. The summed E-state index contributed by atoms with van der Waals surface area (Å²) < 4.78 is 0. The quantitative estimate of drug-likeness (QED) is 0.809. The number of aromatic nitrogens is 2. The van der Waals surface area contributed by atoms with Gasteiger partial charge in [0.2, 0.25) is 0 Å². The maximum absolute atomic E-state index is 4.51. The predicted molar refractivity (Wildman–Crippen MR) is 71.5 cm³/mol. The minimum absolute atomic E-state index is 0.732. The van der Waals surface area contributed by atoms with Crippen LogP contribution < -0.4 is 10.2 Å². The Hall–Kier alpha value is -1.58. The molecule has 1 aromatic heterocycles. The summed E-state index contributed by atoms with van der Waals surface area (Å²) in [6.07, 6.45) is 5.69. The molecule has 0 radical (unpaired) electrons. The van der Waals surface area contributed by atoms with E-state index >= 15 is 0 Å². The largest absolute Gasteiger partial charge is 0.366 e. The summed E-state index contributed by atoms with van der Waals surface area (Å²) in [4.78, 5) is 11.2. The second kappa shape index (κ2) is 5.66. The van der Waals surface area contributed by atoms with Crippen molar-refractivity contribution in [2.75, 3.05) is 29.9 Å². The van der Waals surface area contributed by atoms with E-state index in [2.05, 4.69) is 26.8 Å². The van der Waals surface area contributed by atoms with Crippen LogP contribution in [0, 0.1) is 6.92 Å². The average Bonchev–Trinajstić information content (AvgIpc) is 2.37. The van der Waals surface area contributed by atoms with Crippen LogP contribution in [0.4, 0.5) is 11.6 Å². The number of nitrogens with zero attached hydrogens (tertiary/aromatic N) is 3. The molecule has 0 bridgehead atoms. The highest BCUT2D eigenvalue weighted by Gasteiger charge is 2.13. The smallest absolute Gasteiger partial charge is 0.134 e. The molecule has 4 nitrogen and oxygen atoms in total. The van der Waals surface area contributed by atoms with Crippen molar-refractivity contribution in [1.82, 2.24) is 9.97 Å². The van der Waals surface area contributed by atoms with Gasteiger partial charge >= 0.3 is 0 Å². The number of piperidine rings is 1. The van der Waals surface area contributed by atoms with E-state index in [9.17, 15) is 0 Å². The molecule has 0 amide bonds. The van der Waals surface area contributed by atoms with Crippen LogP contribution in [-0.4, -0.2) is 29.6 Å². The van der Waals surface area contributed by atoms with Crippen molar-refractivity contribution in [2.24, 2.45) is 0 Å². The molecule has 1 N–H and O–H groups in total. The summed E-state index contributed by atoms with van der Waals surface area (Å²) in [6, 6.07) is 2.03. The molecule has 0 atom stereocenters. The maximum Gasteiger partial charge on any atom is 0.134 e. The summed E-state index contributed by atoms with van der Waals surface area (Å²) in [5, 5.41) is 3.22. The Morgan fingerprint density at radius 3 is 2.82 bits per heavy atom. The first-order valence-corrected chi connectivity index (χ1v) is 6.25. The molecule has 92 valence electrons. The zero-order valence-corrected chi connectivity index (χ0v) is 10.4. The van der Waals surface area contributed by atoms with Crippen molar-refractivity contribution in [3.05, 3.63) is 24.5 Å². The topological polar surface area (TPSA) is 41.0 Å². The Kier molecular flexibility index (Phi) is 3.96. The van der Waals surface area contributed by atoms with Crippen molar-refractivity contribution in [3.63, 3.8) is 0 Å². The van der Waals surface area contributed by atoms with Gasteiger partial charge < -0.3 is 10.2 Å². The molecule has 1 aromatic rings. The summed E-state index contributed by atoms with van der Waals surface area (Å²) >= 11 is 0. The highest BCUT2D eigenvalue weighted by atomic mass is 15.2. The SMILES string of the molecule is C=CCNc1cc(N2CCCCC2)nc(C)n1. The van der Waals surface area contributed by atoms with Gasteiger partial charge in [0, 0.05) is 25.7 Å². The van der Waals surface area contributed by atoms with Gasteiger partial charge in [-0.05, 0) is 26.2 Å².